The number of fused-ring (bicyclic) bond motifs is 1. The van der Waals surface area contributed by atoms with Crippen molar-refractivity contribution in [2.75, 3.05) is 6.61 Å². The standard InChI is InChI=1S/C12H14O2/c1-8-7-12(8,13)10-2-3-11-9(6-10)4-5-14-11/h2-3,6,8,13H,4-5,7H2,1H3. The van der Waals surface area contributed by atoms with Crippen LogP contribution in [0.5, 0.6) is 5.75 Å². The van der Waals surface area contributed by atoms with Gasteiger partial charge in [0.15, 0.2) is 0 Å². The quantitative estimate of drug-likeness (QED) is 0.732. The van der Waals surface area contributed by atoms with E-state index in [1.807, 2.05) is 12.1 Å². The van der Waals surface area contributed by atoms with Crippen LogP contribution < -0.4 is 4.74 Å². The van der Waals surface area contributed by atoms with Crippen LogP contribution in [-0.2, 0) is 12.0 Å². The van der Waals surface area contributed by atoms with Crippen molar-refractivity contribution in [2.24, 2.45) is 5.92 Å². The summed E-state index contributed by atoms with van der Waals surface area (Å²) in [6.07, 6.45) is 1.88. The Morgan fingerprint density at radius 3 is 3.00 bits per heavy atom. The van der Waals surface area contributed by atoms with Crippen LogP contribution in [0.25, 0.3) is 0 Å². The van der Waals surface area contributed by atoms with Gasteiger partial charge in [-0.05, 0) is 35.6 Å². The van der Waals surface area contributed by atoms with Crippen LogP contribution in [0, 0.1) is 5.92 Å². The van der Waals surface area contributed by atoms with Gasteiger partial charge < -0.3 is 9.84 Å². The van der Waals surface area contributed by atoms with Gasteiger partial charge in [0.05, 0.1) is 12.2 Å². The van der Waals surface area contributed by atoms with E-state index in [0.717, 1.165) is 30.8 Å². The van der Waals surface area contributed by atoms with Crippen molar-refractivity contribution in [1.82, 2.24) is 0 Å². The van der Waals surface area contributed by atoms with Crippen molar-refractivity contribution in [3.8, 4) is 5.75 Å². The highest BCUT2D eigenvalue weighted by Gasteiger charge is 2.51. The van der Waals surface area contributed by atoms with Crippen LogP contribution in [0.4, 0.5) is 0 Å². The molecule has 2 atom stereocenters. The van der Waals surface area contributed by atoms with Crippen LogP contribution in [0.1, 0.15) is 24.5 Å². The van der Waals surface area contributed by atoms with Crippen molar-refractivity contribution < 1.29 is 9.84 Å². The lowest BCUT2D eigenvalue weighted by Crippen LogP contribution is -2.07. The molecule has 1 aromatic carbocycles. The number of hydrogen-bond donors (Lipinski definition) is 1. The van der Waals surface area contributed by atoms with E-state index in [1.54, 1.807) is 0 Å². The molecule has 1 fully saturated rings. The normalized spacial score (nSPS) is 33.7. The minimum atomic E-state index is -0.544. The van der Waals surface area contributed by atoms with Gasteiger partial charge in [-0.25, -0.2) is 0 Å². The monoisotopic (exact) mass is 190 g/mol. The molecule has 3 rings (SSSR count). The Bertz CT molecular complexity index is 386. The van der Waals surface area contributed by atoms with Crippen molar-refractivity contribution in [3.63, 3.8) is 0 Å². The lowest BCUT2D eigenvalue weighted by Gasteiger charge is -2.10. The van der Waals surface area contributed by atoms with Gasteiger partial charge in [0.2, 0.25) is 0 Å². The number of ether oxygens (including phenoxy) is 1. The average molecular weight is 190 g/mol. The minimum absolute atomic E-state index is 0.405. The Morgan fingerprint density at radius 1 is 1.50 bits per heavy atom. The predicted molar refractivity (Wildman–Crippen MR) is 53.3 cm³/mol. The largest absolute Gasteiger partial charge is 0.493 e. The van der Waals surface area contributed by atoms with E-state index in [1.165, 1.54) is 5.56 Å². The molecular formula is C12H14O2. The fourth-order valence-corrected chi connectivity index (χ4v) is 2.27. The van der Waals surface area contributed by atoms with Gasteiger partial charge in [0.25, 0.3) is 0 Å². The summed E-state index contributed by atoms with van der Waals surface area (Å²) < 4.78 is 5.43. The zero-order valence-electron chi connectivity index (χ0n) is 8.29. The first-order chi connectivity index (χ1) is 6.70. The molecule has 1 heterocycles. The van der Waals surface area contributed by atoms with Gasteiger partial charge in [0, 0.05) is 6.42 Å². The molecule has 0 aromatic heterocycles. The maximum Gasteiger partial charge on any atom is 0.122 e. The van der Waals surface area contributed by atoms with Gasteiger partial charge in [-0.15, -0.1) is 0 Å². The summed E-state index contributed by atoms with van der Waals surface area (Å²) in [7, 11) is 0. The van der Waals surface area contributed by atoms with E-state index in [-0.39, 0.29) is 0 Å². The van der Waals surface area contributed by atoms with Crippen LogP contribution in [0.2, 0.25) is 0 Å². The molecule has 1 aliphatic carbocycles. The highest BCUT2D eigenvalue weighted by molar-refractivity contribution is 5.43. The molecule has 2 heteroatoms. The zero-order valence-corrected chi connectivity index (χ0v) is 8.29. The molecule has 2 aliphatic rings. The van der Waals surface area contributed by atoms with Crippen molar-refractivity contribution in [2.45, 2.75) is 25.4 Å². The number of hydrogen-bond acceptors (Lipinski definition) is 2. The summed E-state index contributed by atoms with van der Waals surface area (Å²) in [6, 6.07) is 6.08. The average Bonchev–Trinajstić information content (AvgIpc) is 2.66. The molecule has 74 valence electrons. The third-order valence-corrected chi connectivity index (χ3v) is 3.46. The summed E-state index contributed by atoms with van der Waals surface area (Å²) in [5.41, 5.74) is 1.77. The lowest BCUT2D eigenvalue weighted by molar-refractivity contribution is 0.134. The van der Waals surface area contributed by atoms with E-state index >= 15 is 0 Å². The van der Waals surface area contributed by atoms with Crippen molar-refractivity contribution >= 4 is 0 Å². The van der Waals surface area contributed by atoms with E-state index < -0.39 is 5.60 Å². The second-order valence-corrected chi connectivity index (χ2v) is 4.45. The molecule has 2 nitrogen and oxygen atoms in total. The minimum Gasteiger partial charge on any atom is -0.493 e. The molecule has 0 saturated heterocycles. The summed E-state index contributed by atoms with van der Waals surface area (Å²) in [6.45, 7) is 2.87. The summed E-state index contributed by atoms with van der Waals surface area (Å²) >= 11 is 0. The highest BCUT2D eigenvalue weighted by atomic mass is 16.5. The summed E-state index contributed by atoms with van der Waals surface area (Å²) in [4.78, 5) is 0. The van der Waals surface area contributed by atoms with Gasteiger partial charge in [-0.1, -0.05) is 13.0 Å². The number of benzene rings is 1. The predicted octanol–water partition coefficient (Wildman–Crippen LogP) is 1.85. The van der Waals surface area contributed by atoms with Gasteiger partial charge in [0.1, 0.15) is 5.75 Å². The Morgan fingerprint density at radius 2 is 2.29 bits per heavy atom. The van der Waals surface area contributed by atoms with E-state index in [2.05, 4.69) is 13.0 Å². The molecule has 1 N–H and O–H groups in total. The Hall–Kier alpha value is -1.02. The Kier molecular flexibility index (Phi) is 1.49. The van der Waals surface area contributed by atoms with E-state index in [9.17, 15) is 5.11 Å². The fourth-order valence-electron chi connectivity index (χ4n) is 2.27. The molecule has 0 spiro atoms. The van der Waals surface area contributed by atoms with Crippen LogP contribution in [0.15, 0.2) is 18.2 Å². The lowest BCUT2D eigenvalue weighted by atomic mass is 10.0. The second kappa shape index (κ2) is 2.51. The molecule has 14 heavy (non-hydrogen) atoms. The van der Waals surface area contributed by atoms with Crippen LogP contribution in [0.3, 0.4) is 0 Å². The second-order valence-electron chi connectivity index (χ2n) is 4.45. The third-order valence-electron chi connectivity index (χ3n) is 3.46. The molecule has 1 aromatic rings. The molecule has 0 radical (unpaired) electrons. The van der Waals surface area contributed by atoms with E-state index in [4.69, 9.17) is 4.74 Å². The number of rotatable bonds is 1. The highest BCUT2D eigenvalue weighted by Crippen LogP contribution is 2.52. The Labute approximate surface area is 83.5 Å². The van der Waals surface area contributed by atoms with Crippen LogP contribution >= 0.6 is 0 Å². The molecule has 2 unspecified atom stereocenters. The first-order valence-corrected chi connectivity index (χ1v) is 5.19. The van der Waals surface area contributed by atoms with Gasteiger partial charge >= 0.3 is 0 Å². The topological polar surface area (TPSA) is 29.5 Å². The molecule has 0 bridgehead atoms. The molecular weight excluding hydrogens is 176 g/mol. The maximum atomic E-state index is 10.2. The SMILES string of the molecule is CC1CC1(O)c1ccc2c(c1)CCO2. The first kappa shape index (κ1) is 8.30. The van der Waals surface area contributed by atoms with E-state index in [0.29, 0.717) is 5.92 Å². The van der Waals surface area contributed by atoms with Crippen molar-refractivity contribution in [1.29, 1.82) is 0 Å². The zero-order chi connectivity index (χ0) is 9.76. The first-order valence-electron chi connectivity index (χ1n) is 5.19. The van der Waals surface area contributed by atoms with Gasteiger partial charge in [-0.3, -0.25) is 0 Å². The van der Waals surface area contributed by atoms with Crippen LogP contribution in [-0.4, -0.2) is 11.7 Å². The van der Waals surface area contributed by atoms with Gasteiger partial charge in [-0.2, -0.15) is 0 Å². The van der Waals surface area contributed by atoms with Crippen molar-refractivity contribution in [3.05, 3.63) is 29.3 Å². The maximum absolute atomic E-state index is 10.2. The smallest absolute Gasteiger partial charge is 0.122 e. The molecule has 1 aliphatic heterocycles. The third kappa shape index (κ3) is 1.01. The fraction of sp³-hybridized carbons (Fsp3) is 0.500. The molecule has 0 amide bonds. The number of aliphatic hydroxyl groups is 1. The summed E-state index contributed by atoms with van der Waals surface area (Å²) in [5.74, 6) is 1.40. The summed E-state index contributed by atoms with van der Waals surface area (Å²) in [5, 5.41) is 10.2. The molecule has 1 saturated carbocycles. The Balaban J connectivity index is 2.01.